The van der Waals surface area contributed by atoms with Gasteiger partial charge in [0.05, 0.1) is 24.3 Å². The summed E-state index contributed by atoms with van der Waals surface area (Å²) in [5, 5.41) is 4.84. The van der Waals surface area contributed by atoms with Gasteiger partial charge in [0, 0.05) is 79.8 Å². The second-order valence-corrected chi connectivity index (χ2v) is 11.5. The molecule has 0 unspecified atom stereocenters. The van der Waals surface area contributed by atoms with Gasteiger partial charge in [-0.05, 0) is 54.9 Å². The summed E-state index contributed by atoms with van der Waals surface area (Å²) in [5.41, 5.74) is 11.7. The molecular formula is C33H38N6O4. The van der Waals surface area contributed by atoms with E-state index in [1.165, 1.54) is 0 Å². The van der Waals surface area contributed by atoms with Crippen LogP contribution < -0.4 is 11.1 Å². The number of fused-ring (bicyclic) bond motifs is 3. The standard InChI is InChI=1S/C33H38N6O4/c1-21-23(4-3-5-27(21)35-29(40)10-11-38-16-18-43-19-17-38)24-8-9-26(32(34)41)31-30(24)25-7-6-22(20-28(25)36-31)33(42)39-14-12-37(2)13-15-39/h3-9,20,36H,10-19H2,1-2H3,(H2,34,41)(H,35,40). The maximum absolute atomic E-state index is 13.3. The van der Waals surface area contributed by atoms with Crippen LogP contribution in [0, 0.1) is 6.92 Å². The minimum absolute atomic E-state index is 0.00286. The Labute approximate surface area is 250 Å². The van der Waals surface area contributed by atoms with Crippen LogP contribution in [0.4, 0.5) is 5.69 Å². The first-order valence-corrected chi connectivity index (χ1v) is 14.9. The highest BCUT2D eigenvalue weighted by Gasteiger charge is 2.23. The van der Waals surface area contributed by atoms with Crippen LogP contribution in [-0.2, 0) is 9.53 Å². The van der Waals surface area contributed by atoms with Crippen molar-refractivity contribution in [1.29, 1.82) is 0 Å². The SMILES string of the molecule is Cc1c(NC(=O)CCN2CCOCC2)cccc1-c1ccc(C(N)=O)c2[nH]c3cc(C(=O)N4CCN(C)CC4)ccc3c12. The molecule has 3 aromatic carbocycles. The Morgan fingerprint density at radius 3 is 2.47 bits per heavy atom. The highest BCUT2D eigenvalue weighted by atomic mass is 16.5. The maximum atomic E-state index is 13.3. The number of H-pyrrole nitrogens is 1. The fourth-order valence-electron chi connectivity index (χ4n) is 6.13. The van der Waals surface area contributed by atoms with Crippen LogP contribution in [0.3, 0.4) is 0 Å². The molecule has 0 bridgehead atoms. The lowest BCUT2D eigenvalue weighted by Gasteiger charge is -2.32. The van der Waals surface area contributed by atoms with Gasteiger partial charge >= 0.3 is 0 Å². The normalized spacial score (nSPS) is 16.6. The fraction of sp³-hybridized carbons (Fsp3) is 0.364. The van der Waals surface area contributed by atoms with Crippen LogP contribution in [0.5, 0.6) is 0 Å². The van der Waals surface area contributed by atoms with Gasteiger partial charge in [0.2, 0.25) is 5.91 Å². The zero-order valence-corrected chi connectivity index (χ0v) is 24.7. The molecule has 0 radical (unpaired) electrons. The van der Waals surface area contributed by atoms with Crippen molar-refractivity contribution < 1.29 is 19.1 Å². The molecule has 0 spiro atoms. The molecule has 6 rings (SSSR count). The zero-order chi connectivity index (χ0) is 30.1. The van der Waals surface area contributed by atoms with Crippen LogP contribution >= 0.6 is 0 Å². The topological polar surface area (TPSA) is 124 Å². The molecule has 4 aromatic rings. The molecule has 0 aliphatic carbocycles. The van der Waals surface area contributed by atoms with Gasteiger partial charge in [0.25, 0.3) is 11.8 Å². The van der Waals surface area contributed by atoms with Crippen LogP contribution in [0.15, 0.2) is 48.5 Å². The predicted molar refractivity (Wildman–Crippen MR) is 168 cm³/mol. The number of nitrogens with zero attached hydrogens (tertiary/aromatic N) is 3. The lowest BCUT2D eigenvalue weighted by molar-refractivity contribution is -0.116. The lowest BCUT2D eigenvalue weighted by Crippen LogP contribution is -2.47. The smallest absolute Gasteiger partial charge is 0.254 e. The van der Waals surface area contributed by atoms with E-state index in [-0.39, 0.29) is 11.8 Å². The van der Waals surface area contributed by atoms with E-state index in [1.54, 1.807) is 6.07 Å². The molecule has 2 saturated heterocycles. The van der Waals surface area contributed by atoms with Gasteiger partial charge in [-0.25, -0.2) is 0 Å². The zero-order valence-electron chi connectivity index (χ0n) is 24.7. The Morgan fingerprint density at radius 1 is 0.953 bits per heavy atom. The molecular weight excluding hydrogens is 544 g/mol. The van der Waals surface area contributed by atoms with Crippen molar-refractivity contribution in [1.82, 2.24) is 19.7 Å². The Bertz CT molecular complexity index is 1700. The third kappa shape index (κ3) is 5.86. The molecule has 3 amide bonds. The van der Waals surface area contributed by atoms with Gasteiger partial charge in [0.1, 0.15) is 0 Å². The summed E-state index contributed by atoms with van der Waals surface area (Å²) >= 11 is 0. The lowest BCUT2D eigenvalue weighted by atomic mass is 9.93. The number of hydrogen-bond acceptors (Lipinski definition) is 6. The molecule has 10 nitrogen and oxygen atoms in total. The quantitative estimate of drug-likeness (QED) is 0.307. The van der Waals surface area contributed by atoms with Crippen LogP contribution in [0.1, 0.15) is 32.7 Å². The van der Waals surface area contributed by atoms with Crippen molar-refractivity contribution in [2.75, 3.05) is 71.4 Å². The highest BCUT2D eigenvalue weighted by molar-refractivity contribution is 6.20. The van der Waals surface area contributed by atoms with Crippen molar-refractivity contribution in [3.8, 4) is 11.1 Å². The Morgan fingerprint density at radius 2 is 1.72 bits per heavy atom. The number of likely N-dealkylation sites (N-methyl/N-ethyl adjacent to an activating group) is 1. The summed E-state index contributed by atoms with van der Waals surface area (Å²) in [4.78, 5) is 48.4. The van der Waals surface area contributed by atoms with Gasteiger partial charge in [-0.2, -0.15) is 0 Å². The van der Waals surface area contributed by atoms with Gasteiger partial charge in [-0.3, -0.25) is 19.3 Å². The Hall–Kier alpha value is -4.25. The summed E-state index contributed by atoms with van der Waals surface area (Å²) in [6, 6.07) is 15.2. The number of carbonyl (C=O) groups excluding carboxylic acids is 3. The van der Waals surface area contributed by atoms with Crippen molar-refractivity contribution in [2.24, 2.45) is 5.73 Å². The van der Waals surface area contributed by atoms with Crippen LogP contribution in [-0.4, -0.2) is 103 Å². The van der Waals surface area contributed by atoms with Crippen molar-refractivity contribution in [2.45, 2.75) is 13.3 Å². The number of nitrogens with one attached hydrogen (secondary N) is 2. The van der Waals surface area contributed by atoms with E-state index in [1.807, 2.05) is 54.3 Å². The minimum Gasteiger partial charge on any atom is -0.379 e. The van der Waals surface area contributed by atoms with Gasteiger partial charge < -0.3 is 30.6 Å². The molecule has 0 atom stereocenters. The molecule has 10 heteroatoms. The number of hydrogen-bond donors (Lipinski definition) is 3. The number of morpholine rings is 1. The number of ether oxygens (including phenoxy) is 1. The first kappa shape index (κ1) is 28.9. The number of nitrogens with two attached hydrogens (primary N) is 1. The molecule has 4 N–H and O–H groups in total. The van der Waals surface area contributed by atoms with Crippen LogP contribution in [0.25, 0.3) is 32.9 Å². The number of primary amides is 1. The molecule has 2 aliphatic heterocycles. The number of aromatic nitrogens is 1. The highest BCUT2D eigenvalue weighted by Crippen LogP contribution is 2.39. The largest absolute Gasteiger partial charge is 0.379 e. The summed E-state index contributed by atoms with van der Waals surface area (Å²) in [5.74, 6) is -0.572. The number of benzene rings is 3. The number of rotatable bonds is 7. The van der Waals surface area contributed by atoms with Crippen molar-refractivity contribution in [3.63, 3.8) is 0 Å². The van der Waals surface area contributed by atoms with E-state index in [0.29, 0.717) is 55.9 Å². The minimum atomic E-state index is -0.533. The van der Waals surface area contributed by atoms with E-state index in [4.69, 9.17) is 10.5 Å². The summed E-state index contributed by atoms with van der Waals surface area (Å²) in [6.45, 7) is 8.84. The van der Waals surface area contributed by atoms with E-state index in [2.05, 4.69) is 27.1 Å². The summed E-state index contributed by atoms with van der Waals surface area (Å²) in [7, 11) is 2.06. The molecule has 224 valence electrons. The monoisotopic (exact) mass is 582 g/mol. The number of piperazine rings is 1. The average Bonchev–Trinajstić information content (AvgIpc) is 3.40. The van der Waals surface area contributed by atoms with Crippen molar-refractivity contribution >= 4 is 45.2 Å². The van der Waals surface area contributed by atoms with E-state index in [0.717, 1.165) is 64.8 Å². The molecule has 1 aromatic heterocycles. The molecule has 3 heterocycles. The van der Waals surface area contributed by atoms with Gasteiger partial charge in [0.15, 0.2) is 0 Å². The first-order chi connectivity index (χ1) is 20.8. The molecule has 2 aliphatic rings. The maximum Gasteiger partial charge on any atom is 0.254 e. The molecule has 0 saturated carbocycles. The Kier molecular flexibility index (Phi) is 8.16. The number of carbonyl (C=O) groups is 3. The number of aromatic amines is 1. The first-order valence-electron chi connectivity index (χ1n) is 14.9. The number of anilines is 1. The van der Waals surface area contributed by atoms with E-state index < -0.39 is 5.91 Å². The third-order valence-corrected chi connectivity index (χ3v) is 8.71. The van der Waals surface area contributed by atoms with Crippen LogP contribution in [0.2, 0.25) is 0 Å². The summed E-state index contributed by atoms with van der Waals surface area (Å²) in [6.07, 6.45) is 0.402. The van der Waals surface area contributed by atoms with E-state index in [9.17, 15) is 14.4 Å². The Balaban J connectivity index is 1.34. The molecule has 2 fully saturated rings. The third-order valence-electron chi connectivity index (χ3n) is 8.71. The second-order valence-electron chi connectivity index (χ2n) is 11.5. The van der Waals surface area contributed by atoms with E-state index >= 15 is 0 Å². The van der Waals surface area contributed by atoms with Gasteiger partial charge in [-0.1, -0.05) is 24.3 Å². The fourth-order valence-corrected chi connectivity index (χ4v) is 6.13. The van der Waals surface area contributed by atoms with Gasteiger partial charge in [-0.15, -0.1) is 0 Å². The predicted octanol–water partition coefficient (Wildman–Crippen LogP) is 3.44. The second kappa shape index (κ2) is 12.2. The number of amides is 3. The summed E-state index contributed by atoms with van der Waals surface area (Å²) < 4.78 is 5.40. The molecule has 43 heavy (non-hydrogen) atoms. The van der Waals surface area contributed by atoms with Crippen molar-refractivity contribution in [3.05, 3.63) is 65.2 Å². The average molecular weight is 583 g/mol.